The number of benzene rings is 2. The number of carbonyl (C=O) groups is 3. The third-order valence-electron chi connectivity index (χ3n) is 4.64. The number of nitrogens with one attached hydrogen (secondary N) is 3. The van der Waals surface area contributed by atoms with Crippen LogP contribution in [0.5, 0.6) is 0 Å². The van der Waals surface area contributed by atoms with Gasteiger partial charge in [-0.05, 0) is 48.5 Å². The van der Waals surface area contributed by atoms with Crippen molar-refractivity contribution < 1.29 is 24.2 Å². The molecule has 0 unspecified atom stereocenters. The summed E-state index contributed by atoms with van der Waals surface area (Å²) in [4.78, 5) is 37.9. The van der Waals surface area contributed by atoms with Gasteiger partial charge in [0.2, 0.25) is 5.91 Å². The zero-order valence-electron chi connectivity index (χ0n) is 16.8. The topological polar surface area (TPSA) is 158 Å². The number of aliphatic hydroxyl groups is 1. The number of anilines is 3. The molecule has 1 saturated heterocycles. The quantitative estimate of drug-likeness (QED) is 0.338. The zero-order chi connectivity index (χ0) is 22.5. The molecule has 3 rings (SSSR count). The first-order valence-corrected chi connectivity index (χ1v) is 9.50. The van der Waals surface area contributed by atoms with Crippen molar-refractivity contribution >= 4 is 40.6 Å². The van der Waals surface area contributed by atoms with Gasteiger partial charge in [0.1, 0.15) is 5.84 Å². The maximum Gasteiger partial charge on any atom is 0.259 e. The summed E-state index contributed by atoms with van der Waals surface area (Å²) in [5, 5.41) is 23.0. The third kappa shape index (κ3) is 5.24. The van der Waals surface area contributed by atoms with E-state index in [1.54, 1.807) is 36.4 Å². The molecule has 0 aliphatic carbocycles. The number of nitrogen functional groups attached to an aromatic ring is 1. The van der Waals surface area contributed by atoms with Gasteiger partial charge < -0.3 is 31.1 Å². The number of morpholine rings is 1. The number of amides is 3. The van der Waals surface area contributed by atoms with Gasteiger partial charge in [-0.2, -0.15) is 0 Å². The Morgan fingerprint density at radius 2 is 1.71 bits per heavy atom. The van der Waals surface area contributed by atoms with Gasteiger partial charge in [-0.15, -0.1) is 0 Å². The fourth-order valence-corrected chi connectivity index (χ4v) is 3.10. The van der Waals surface area contributed by atoms with Gasteiger partial charge in [0.25, 0.3) is 11.8 Å². The summed E-state index contributed by atoms with van der Waals surface area (Å²) in [6.07, 6.45) is -3.08. The van der Waals surface area contributed by atoms with Crippen LogP contribution in [-0.2, 0) is 19.1 Å². The highest BCUT2D eigenvalue weighted by Crippen LogP contribution is 2.23. The normalized spacial score (nSPS) is 17.0. The van der Waals surface area contributed by atoms with Crippen molar-refractivity contribution in [2.45, 2.75) is 19.1 Å². The minimum Gasteiger partial charge on any atom is -0.384 e. The number of amidine groups is 1. The molecule has 2 aromatic carbocycles. The van der Waals surface area contributed by atoms with Crippen LogP contribution in [0.1, 0.15) is 12.5 Å². The number of nitrogens with zero attached hydrogens (tertiary/aromatic N) is 1. The van der Waals surface area contributed by atoms with E-state index >= 15 is 0 Å². The molecule has 1 fully saturated rings. The largest absolute Gasteiger partial charge is 0.384 e. The van der Waals surface area contributed by atoms with E-state index in [0.717, 1.165) is 0 Å². The molecule has 3 amide bonds. The van der Waals surface area contributed by atoms with E-state index in [1.165, 1.54) is 24.0 Å². The average Bonchev–Trinajstić information content (AvgIpc) is 2.74. The molecular weight excluding hydrogens is 402 g/mol. The smallest absolute Gasteiger partial charge is 0.259 e. The van der Waals surface area contributed by atoms with E-state index in [4.69, 9.17) is 15.9 Å². The van der Waals surface area contributed by atoms with E-state index in [9.17, 15) is 19.5 Å². The van der Waals surface area contributed by atoms with Crippen molar-refractivity contribution in [3.05, 3.63) is 54.1 Å². The minimum absolute atomic E-state index is 0.107. The third-order valence-corrected chi connectivity index (χ3v) is 4.64. The van der Waals surface area contributed by atoms with Crippen molar-refractivity contribution in [2.24, 2.45) is 5.73 Å². The fraction of sp³-hybridized carbons (Fsp3) is 0.238. The first-order valence-electron chi connectivity index (χ1n) is 9.50. The number of hydrogen-bond acceptors (Lipinski definition) is 6. The summed E-state index contributed by atoms with van der Waals surface area (Å²) < 4.78 is 5.39. The molecule has 0 bridgehead atoms. The zero-order valence-corrected chi connectivity index (χ0v) is 16.8. The van der Waals surface area contributed by atoms with Crippen molar-refractivity contribution in [3.63, 3.8) is 0 Å². The Kier molecular flexibility index (Phi) is 6.63. The van der Waals surface area contributed by atoms with Gasteiger partial charge in [0.05, 0.1) is 6.61 Å². The molecule has 0 saturated carbocycles. The second kappa shape index (κ2) is 9.37. The average molecular weight is 425 g/mol. The van der Waals surface area contributed by atoms with Crippen LogP contribution in [0, 0.1) is 5.41 Å². The second-order valence-electron chi connectivity index (χ2n) is 6.93. The second-order valence-corrected chi connectivity index (χ2v) is 6.93. The first kappa shape index (κ1) is 21.9. The van der Waals surface area contributed by atoms with Gasteiger partial charge in [-0.1, -0.05) is 0 Å². The van der Waals surface area contributed by atoms with Crippen LogP contribution in [0.25, 0.3) is 0 Å². The monoisotopic (exact) mass is 425 g/mol. The van der Waals surface area contributed by atoms with E-state index in [0.29, 0.717) is 22.6 Å². The summed E-state index contributed by atoms with van der Waals surface area (Å²) in [5.41, 5.74) is 7.41. The van der Waals surface area contributed by atoms with Crippen LogP contribution < -0.4 is 21.3 Å². The van der Waals surface area contributed by atoms with E-state index < -0.39 is 24.0 Å². The highest BCUT2D eigenvalue weighted by Gasteiger charge is 2.39. The van der Waals surface area contributed by atoms with Crippen LogP contribution >= 0.6 is 0 Å². The summed E-state index contributed by atoms with van der Waals surface area (Å²) in [6, 6.07) is 12.8. The van der Waals surface area contributed by atoms with Gasteiger partial charge >= 0.3 is 0 Å². The maximum atomic E-state index is 12.9. The number of carbonyl (C=O) groups excluding carboxylic acids is 3. The molecule has 10 nitrogen and oxygen atoms in total. The summed E-state index contributed by atoms with van der Waals surface area (Å²) in [6.45, 7) is 1.80. The lowest BCUT2D eigenvalue weighted by molar-refractivity contribution is -0.150. The molecule has 6 N–H and O–H groups in total. The van der Waals surface area contributed by atoms with Crippen LogP contribution in [0.4, 0.5) is 17.1 Å². The molecule has 0 spiro atoms. The molecule has 10 heteroatoms. The Balaban J connectivity index is 1.67. The fourth-order valence-electron chi connectivity index (χ4n) is 3.10. The van der Waals surface area contributed by atoms with Crippen LogP contribution in [0.2, 0.25) is 0 Å². The Labute approximate surface area is 178 Å². The van der Waals surface area contributed by atoms with Gasteiger partial charge in [-0.25, -0.2) is 0 Å². The number of nitrogens with two attached hydrogens (primary N) is 1. The number of aliphatic hydroxyl groups excluding tert-OH is 1. The molecule has 1 aliphatic heterocycles. The number of hydrogen-bond donors (Lipinski definition) is 5. The highest BCUT2D eigenvalue weighted by molar-refractivity contribution is 6.04. The first-order chi connectivity index (χ1) is 14.8. The van der Waals surface area contributed by atoms with E-state index in [1.807, 2.05) is 0 Å². The highest BCUT2D eigenvalue weighted by atomic mass is 16.5. The van der Waals surface area contributed by atoms with Crippen molar-refractivity contribution in [1.82, 2.24) is 0 Å². The van der Waals surface area contributed by atoms with Crippen molar-refractivity contribution in [1.29, 1.82) is 5.41 Å². The Morgan fingerprint density at radius 1 is 1.13 bits per heavy atom. The summed E-state index contributed by atoms with van der Waals surface area (Å²) >= 11 is 0. The lowest BCUT2D eigenvalue weighted by Crippen LogP contribution is -2.55. The molecule has 0 radical (unpaired) electrons. The van der Waals surface area contributed by atoms with Gasteiger partial charge in [-0.3, -0.25) is 19.8 Å². The number of ether oxygens (including phenoxy) is 1. The Bertz CT molecular complexity index is 990. The van der Waals surface area contributed by atoms with Gasteiger partial charge in [0.15, 0.2) is 12.2 Å². The lowest BCUT2D eigenvalue weighted by Gasteiger charge is -2.34. The lowest BCUT2D eigenvalue weighted by atomic mass is 10.1. The van der Waals surface area contributed by atoms with Crippen LogP contribution in [-0.4, -0.2) is 54.0 Å². The van der Waals surface area contributed by atoms with Crippen molar-refractivity contribution in [2.75, 3.05) is 28.7 Å². The Hall–Kier alpha value is -3.76. The van der Waals surface area contributed by atoms with Crippen molar-refractivity contribution in [3.8, 4) is 0 Å². The molecule has 31 heavy (non-hydrogen) atoms. The van der Waals surface area contributed by atoms with Crippen LogP contribution in [0.3, 0.4) is 0 Å². The number of rotatable bonds is 6. The summed E-state index contributed by atoms with van der Waals surface area (Å²) in [5.74, 6) is -1.66. The predicted molar refractivity (Wildman–Crippen MR) is 115 cm³/mol. The standard InChI is InChI=1S/C21H23N5O5/c1-12(27)24-14-6-8-16(9-7-14)26-10-11-31-18(21(26)30)17(28)20(29)25-15-4-2-13(3-5-15)19(22)23/h2-9,17-18,28H,10-11H2,1H3,(H3,22,23)(H,24,27)(H,25,29)/t17-,18-/m1/s1. The van der Waals surface area contributed by atoms with Gasteiger partial charge in [0, 0.05) is 36.1 Å². The molecular formula is C21H23N5O5. The molecule has 2 aromatic rings. The molecule has 2 atom stereocenters. The summed E-state index contributed by atoms with van der Waals surface area (Å²) in [7, 11) is 0. The van der Waals surface area contributed by atoms with Crippen LogP contribution in [0.15, 0.2) is 48.5 Å². The predicted octanol–water partition coefficient (Wildman–Crippen LogP) is 0.660. The molecule has 1 aliphatic rings. The van der Waals surface area contributed by atoms with E-state index in [-0.39, 0.29) is 24.9 Å². The minimum atomic E-state index is -1.72. The van der Waals surface area contributed by atoms with E-state index in [2.05, 4.69) is 10.6 Å². The maximum absolute atomic E-state index is 12.9. The molecule has 1 heterocycles. The SMILES string of the molecule is CC(=O)Nc1ccc(N2CCO[C@H]([C@@H](O)C(=O)Nc3ccc(C(=N)N)cc3)C2=O)cc1. The molecule has 0 aromatic heterocycles. The molecule has 162 valence electrons. The Morgan fingerprint density at radius 3 is 2.29 bits per heavy atom.